The van der Waals surface area contributed by atoms with Gasteiger partial charge >= 0.3 is 0 Å². The Kier molecular flexibility index (Phi) is 6.10. The van der Waals surface area contributed by atoms with Gasteiger partial charge in [-0.15, -0.1) is 11.3 Å². The Morgan fingerprint density at radius 3 is 2.30 bits per heavy atom. The van der Waals surface area contributed by atoms with Crippen molar-refractivity contribution in [1.29, 1.82) is 0 Å². The molecule has 6 nitrogen and oxygen atoms in total. The van der Waals surface area contributed by atoms with Gasteiger partial charge in [0.2, 0.25) is 5.91 Å². The highest BCUT2D eigenvalue weighted by atomic mass is 35.5. The lowest BCUT2D eigenvalue weighted by Crippen LogP contribution is -2.51. The number of hydrogen-bond donors (Lipinski definition) is 1. The first-order chi connectivity index (χ1) is 12.8. The van der Waals surface area contributed by atoms with E-state index in [1.165, 1.54) is 10.4 Å². The molecule has 1 aliphatic heterocycles. The average molecular weight is 428 g/mol. The number of carbonyl (C=O) groups is 1. The normalized spacial score (nSPS) is 15.7. The summed E-state index contributed by atoms with van der Waals surface area (Å²) in [7, 11) is -3.54. The molecule has 0 atom stereocenters. The zero-order chi connectivity index (χ0) is 19.6. The van der Waals surface area contributed by atoms with E-state index in [4.69, 9.17) is 11.6 Å². The molecule has 9 heteroatoms. The number of nitrogens with zero attached hydrogens (tertiary/aromatic N) is 2. The number of halogens is 1. The molecule has 1 aromatic heterocycles. The van der Waals surface area contributed by atoms with Crippen molar-refractivity contribution in [2.45, 2.75) is 18.1 Å². The summed E-state index contributed by atoms with van der Waals surface area (Å²) in [5.41, 5.74) is 3.16. The zero-order valence-electron chi connectivity index (χ0n) is 15.2. The largest absolute Gasteiger partial charge is 0.376 e. The molecule has 2 aromatic rings. The molecule has 0 aliphatic carbocycles. The predicted octanol–water partition coefficient (Wildman–Crippen LogP) is 2.96. The number of carbonyl (C=O) groups excluding carboxylic acids is 1. The van der Waals surface area contributed by atoms with Crippen LogP contribution in [0.15, 0.2) is 34.5 Å². The van der Waals surface area contributed by atoms with Crippen molar-refractivity contribution in [3.05, 3.63) is 45.8 Å². The molecule has 0 radical (unpaired) electrons. The van der Waals surface area contributed by atoms with Crippen molar-refractivity contribution in [1.82, 2.24) is 9.21 Å². The number of rotatable bonds is 5. The van der Waals surface area contributed by atoms with Gasteiger partial charge in [0.25, 0.3) is 10.0 Å². The van der Waals surface area contributed by atoms with Gasteiger partial charge in [-0.25, -0.2) is 8.42 Å². The molecule has 0 bridgehead atoms. The topological polar surface area (TPSA) is 69.7 Å². The summed E-state index contributed by atoms with van der Waals surface area (Å²) in [6.45, 7) is 5.52. The van der Waals surface area contributed by atoms with E-state index in [1.807, 2.05) is 32.0 Å². The van der Waals surface area contributed by atoms with Crippen molar-refractivity contribution < 1.29 is 13.2 Å². The Hall–Kier alpha value is -1.61. The summed E-state index contributed by atoms with van der Waals surface area (Å²) in [5, 5.41) is 3.21. The van der Waals surface area contributed by atoms with Crippen LogP contribution in [0.5, 0.6) is 0 Å². The summed E-state index contributed by atoms with van der Waals surface area (Å²) in [6.07, 6.45) is 0. The summed E-state index contributed by atoms with van der Waals surface area (Å²) < 4.78 is 27.3. The van der Waals surface area contributed by atoms with Crippen LogP contribution in [-0.4, -0.2) is 56.3 Å². The second-order valence-corrected chi connectivity index (χ2v) is 10.3. The monoisotopic (exact) mass is 427 g/mol. The lowest BCUT2D eigenvalue weighted by atomic mass is 10.1. The summed E-state index contributed by atoms with van der Waals surface area (Å²) >= 11 is 6.90. The maximum Gasteiger partial charge on any atom is 0.252 e. The number of para-hydroxylation sites is 1. The van der Waals surface area contributed by atoms with Gasteiger partial charge in [-0.3, -0.25) is 4.79 Å². The molecule has 1 N–H and O–H groups in total. The number of hydrogen-bond acceptors (Lipinski definition) is 5. The number of amides is 1. The summed E-state index contributed by atoms with van der Waals surface area (Å²) in [6, 6.07) is 9.09. The number of benzene rings is 1. The maximum absolute atomic E-state index is 12.6. The Morgan fingerprint density at radius 1 is 1.11 bits per heavy atom. The Bertz CT molecular complexity index is 915. The van der Waals surface area contributed by atoms with Gasteiger partial charge in [0.15, 0.2) is 0 Å². The van der Waals surface area contributed by atoms with Gasteiger partial charge in [-0.05, 0) is 37.1 Å². The number of anilines is 1. The Balaban J connectivity index is 1.56. The molecule has 1 saturated heterocycles. The highest BCUT2D eigenvalue weighted by molar-refractivity contribution is 7.91. The minimum absolute atomic E-state index is 0.0335. The fraction of sp³-hybridized carbons (Fsp3) is 0.389. The molecular weight excluding hydrogens is 406 g/mol. The number of sulfonamides is 1. The van der Waals surface area contributed by atoms with Crippen LogP contribution < -0.4 is 5.32 Å². The van der Waals surface area contributed by atoms with Crippen LogP contribution in [0.3, 0.4) is 0 Å². The second-order valence-electron chi connectivity index (χ2n) is 6.46. The summed E-state index contributed by atoms with van der Waals surface area (Å²) in [4.78, 5) is 14.2. The molecule has 1 amide bonds. The predicted molar refractivity (Wildman–Crippen MR) is 109 cm³/mol. The first-order valence-corrected chi connectivity index (χ1v) is 11.3. The molecule has 146 valence electrons. The van der Waals surface area contributed by atoms with Crippen molar-refractivity contribution in [2.24, 2.45) is 0 Å². The van der Waals surface area contributed by atoms with Crippen LogP contribution >= 0.6 is 22.9 Å². The molecule has 0 spiro atoms. The van der Waals surface area contributed by atoms with Crippen molar-refractivity contribution in [2.75, 3.05) is 38.0 Å². The van der Waals surface area contributed by atoms with Gasteiger partial charge in [-0.2, -0.15) is 4.31 Å². The third-order valence-corrected chi connectivity index (χ3v) is 8.23. The summed E-state index contributed by atoms with van der Waals surface area (Å²) in [5.74, 6) is -0.0335. The fourth-order valence-electron chi connectivity index (χ4n) is 3.11. The minimum Gasteiger partial charge on any atom is -0.376 e. The van der Waals surface area contributed by atoms with Crippen LogP contribution in [0.1, 0.15) is 11.1 Å². The van der Waals surface area contributed by atoms with Crippen LogP contribution in [0.2, 0.25) is 4.34 Å². The van der Waals surface area contributed by atoms with Crippen molar-refractivity contribution in [3.63, 3.8) is 0 Å². The van der Waals surface area contributed by atoms with Gasteiger partial charge in [-0.1, -0.05) is 29.8 Å². The van der Waals surface area contributed by atoms with Gasteiger partial charge in [0.1, 0.15) is 4.21 Å². The highest BCUT2D eigenvalue weighted by Gasteiger charge is 2.31. The molecule has 1 aromatic carbocycles. The first kappa shape index (κ1) is 20.1. The van der Waals surface area contributed by atoms with Gasteiger partial charge in [0.05, 0.1) is 10.9 Å². The van der Waals surface area contributed by atoms with Crippen LogP contribution in [0.4, 0.5) is 5.69 Å². The fourth-order valence-corrected chi connectivity index (χ4v) is 6.17. The number of aryl methyl sites for hydroxylation is 2. The second kappa shape index (κ2) is 8.18. The molecule has 0 unspecified atom stereocenters. The van der Waals surface area contributed by atoms with Crippen molar-refractivity contribution >= 4 is 44.6 Å². The SMILES string of the molecule is Cc1cccc(C)c1NCC(=O)N1CCN(S(=O)(=O)c2ccc(Cl)s2)CC1. The van der Waals surface area contributed by atoms with E-state index >= 15 is 0 Å². The maximum atomic E-state index is 12.6. The molecule has 1 aliphatic rings. The zero-order valence-corrected chi connectivity index (χ0v) is 17.6. The third kappa shape index (κ3) is 4.45. The van der Waals surface area contributed by atoms with Crippen LogP contribution in [0.25, 0.3) is 0 Å². The van der Waals surface area contributed by atoms with Crippen molar-refractivity contribution in [3.8, 4) is 0 Å². The molecule has 1 fully saturated rings. The van der Waals surface area contributed by atoms with Gasteiger partial charge < -0.3 is 10.2 Å². The standard InChI is InChI=1S/C18H22ClN3O3S2/c1-13-4-3-5-14(2)18(13)20-12-16(23)21-8-10-22(11-9-21)27(24,25)17-7-6-15(19)26-17/h3-7,20H,8-12H2,1-2H3. The van der Waals surface area contributed by atoms with E-state index in [2.05, 4.69) is 5.32 Å². The minimum atomic E-state index is -3.54. The van der Waals surface area contributed by atoms with E-state index in [0.29, 0.717) is 17.4 Å². The van der Waals surface area contributed by atoms with E-state index in [9.17, 15) is 13.2 Å². The molecule has 0 saturated carbocycles. The molecular formula is C18H22ClN3O3S2. The first-order valence-electron chi connectivity index (χ1n) is 8.62. The van der Waals surface area contributed by atoms with Gasteiger partial charge in [0, 0.05) is 31.9 Å². The number of thiophene rings is 1. The lowest BCUT2D eigenvalue weighted by Gasteiger charge is -2.34. The lowest BCUT2D eigenvalue weighted by molar-refractivity contribution is -0.130. The highest BCUT2D eigenvalue weighted by Crippen LogP contribution is 2.28. The molecule has 2 heterocycles. The smallest absolute Gasteiger partial charge is 0.252 e. The van der Waals surface area contributed by atoms with E-state index < -0.39 is 10.0 Å². The van der Waals surface area contributed by atoms with E-state index in [1.54, 1.807) is 11.0 Å². The Labute approximate surface area is 168 Å². The molecule has 27 heavy (non-hydrogen) atoms. The third-order valence-electron chi connectivity index (χ3n) is 4.63. The van der Waals surface area contributed by atoms with Crippen LogP contribution in [-0.2, 0) is 14.8 Å². The average Bonchev–Trinajstić information content (AvgIpc) is 3.08. The Morgan fingerprint density at radius 2 is 1.74 bits per heavy atom. The number of nitrogens with one attached hydrogen (secondary N) is 1. The quantitative estimate of drug-likeness (QED) is 0.796. The van der Waals surface area contributed by atoms with Crippen LogP contribution in [0, 0.1) is 13.8 Å². The number of piperazine rings is 1. The van der Waals surface area contributed by atoms with E-state index in [0.717, 1.165) is 28.2 Å². The van der Waals surface area contributed by atoms with E-state index in [-0.39, 0.29) is 29.8 Å². The molecule has 3 rings (SSSR count).